The average molecular weight is 324 g/mol. The molecule has 0 bridgehead atoms. The van der Waals surface area contributed by atoms with E-state index in [0.29, 0.717) is 12.5 Å². The van der Waals surface area contributed by atoms with Gasteiger partial charge in [0.05, 0.1) is 0 Å². The lowest BCUT2D eigenvalue weighted by Gasteiger charge is -2.34. The molecule has 1 fully saturated rings. The summed E-state index contributed by atoms with van der Waals surface area (Å²) in [6.07, 6.45) is 3.70. The van der Waals surface area contributed by atoms with Crippen LogP contribution in [0.3, 0.4) is 0 Å². The zero-order valence-electron chi connectivity index (χ0n) is 14.1. The fourth-order valence-electron chi connectivity index (χ4n) is 3.20. The molecular weight excluding hydrogens is 294 g/mol. The van der Waals surface area contributed by atoms with E-state index in [1.165, 1.54) is 32.4 Å². The lowest BCUT2D eigenvalue weighted by atomic mass is 9.99. The Morgan fingerprint density at radius 3 is 2.55 bits per heavy atom. The van der Waals surface area contributed by atoms with E-state index in [-0.39, 0.29) is 0 Å². The van der Waals surface area contributed by atoms with Gasteiger partial charge in [-0.15, -0.1) is 0 Å². The lowest BCUT2D eigenvalue weighted by molar-refractivity contribution is 0.0693. The standard InChI is InChI=1S/C17H29NO3Si/c1-4-12-18-13-8-9-16(14-18)15-21-22(19-2,20-3)17-10-6-5-7-11-17/h5-7,10-11,16H,4,8-9,12-15H2,1-3H3. The summed E-state index contributed by atoms with van der Waals surface area (Å²) in [5.74, 6) is 0.571. The van der Waals surface area contributed by atoms with Crippen molar-refractivity contribution in [2.24, 2.45) is 5.92 Å². The Morgan fingerprint density at radius 2 is 1.91 bits per heavy atom. The normalized spacial score (nSPS) is 20.2. The number of benzene rings is 1. The SMILES string of the molecule is CCCN1CCCC(CO[Si](OC)(OC)c2ccccc2)C1. The number of hydrogen-bond donors (Lipinski definition) is 0. The van der Waals surface area contributed by atoms with Crippen LogP contribution in [0.25, 0.3) is 0 Å². The van der Waals surface area contributed by atoms with E-state index in [4.69, 9.17) is 13.3 Å². The summed E-state index contributed by atoms with van der Waals surface area (Å²) in [4.78, 5) is 2.54. The molecule has 2 rings (SSSR count). The largest absolute Gasteiger partial charge is 0.536 e. The first-order valence-corrected chi connectivity index (χ1v) is 9.98. The minimum atomic E-state index is -2.76. The minimum Gasteiger partial charge on any atom is -0.373 e. The van der Waals surface area contributed by atoms with Crippen molar-refractivity contribution in [2.45, 2.75) is 26.2 Å². The van der Waals surface area contributed by atoms with Gasteiger partial charge in [-0.3, -0.25) is 0 Å². The second-order valence-electron chi connectivity index (χ2n) is 5.95. The summed E-state index contributed by atoms with van der Waals surface area (Å²) >= 11 is 0. The van der Waals surface area contributed by atoms with Crippen molar-refractivity contribution in [1.82, 2.24) is 4.90 Å². The average Bonchev–Trinajstić information content (AvgIpc) is 2.58. The summed E-state index contributed by atoms with van der Waals surface area (Å²) in [6.45, 7) is 6.49. The fourth-order valence-corrected chi connectivity index (χ4v) is 5.29. The molecule has 1 saturated heterocycles. The molecule has 0 aliphatic carbocycles. The topological polar surface area (TPSA) is 30.9 Å². The summed E-state index contributed by atoms with van der Waals surface area (Å²) in [5, 5.41) is 1.03. The maximum Gasteiger partial charge on any atom is 0.536 e. The second-order valence-corrected chi connectivity index (χ2v) is 8.75. The molecule has 1 aromatic carbocycles. The van der Waals surface area contributed by atoms with Crippen LogP contribution in [0, 0.1) is 5.92 Å². The van der Waals surface area contributed by atoms with Crippen molar-refractivity contribution in [1.29, 1.82) is 0 Å². The predicted octanol–water partition coefficient (Wildman–Crippen LogP) is 2.26. The molecule has 0 radical (unpaired) electrons. The Morgan fingerprint density at radius 1 is 1.18 bits per heavy atom. The van der Waals surface area contributed by atoms with Crippen molar-refractivity contribution in [3.8, 4) is 0 Å². The molecule has 0 amide bonds. The lowest BCUT2D eigenvalue weighted by Crippen LogP contribution is -2.56. The molecule has 0 aromatic heterocycles. The molecule has 1 atom stereocenters. The molecule has 1 unspecified atom stereocenters. The highest BCUT2D eigenvalue weighted by molar-refractivity contribution is 6.75. The number of rotatable bonds is 8. The number of nitrogens with zero attached hydrogens (tertiary/aromatic N) is 1. The Bertz CT molecular complexity index is 423. The van der Waals surface area contributed by atoms with Crippen molar-refractivity contribution >= 4 is 14.0 Å². The third-order valence-electron chi connectivity index (χ3n) is 4.32. The Balaban J connectivity index is 1.97. The first-order valence-electron chi connectivity index (χ1n) is 8.26. The summed E-state index contributed by atoms with van der Waals surface area (Å²) < 4.78 is 17.7. The highest BCUT2D eigenvalue weighted by Crippen LogP contribution is 2.19. The quantitative estimate of drug-likeness (QED) is 0.687. The highest BCUT2D eigenvalue weighted by atomic mass is 28.4. The molecule has 0 saturated carbocycles. The van der Waals surface area contributed by atoms with Gasteiger partial charge in [0.2, 0.25) is 0 Å². The Kier molecular flexibility index (Phi) is 7.04. The summed E-state index contributed by atoms with van der Waals surface area (Å²) in [5.41, 5.74) is 0. The van der Waals surface area contributed by atoms with Crippen molar-refractivity contribution in [2.75, 3.05) is 40.5 Å². The number of hydrogen-bond acceptors (Lipinski definition) is 4. The predicted molar refractivity (Wildman–Crippen MR) is 91.3 cm³/mol. The molecule has 1 aromatic rings. The van der Waals surface area contributed by atoms with Gasteiger partial charge < -0.3 is 18.2 Å². The molecule has 5 heteroatoms. The molecule has 0 N–H and O–H groups in total. The van der Waals surface area contributed by atoms with Gasteiger partial charge in [-0.25, -0.2) is 0 Å². The maximum absolute atomic E-state index is 6.25. The van der Waals surface area contributed by atoms with Gasteiger partial charge in [0.25, 0.3) is 0 Å². The fraction of sp³-hybridized carbons (Fsp3) is 0.647. The molecule has 1 aliphatic heterocycles. The van der Waals surface area contributed by atoms with Crippen LogP contribution in [-0.2, 0) is 13.3 Å². The van der Waals surface area contributed by atoms with Gasteiger partial charge in [0, 0.05) is 32.6 Å². The van der Waals surface area contributed by atoms with Gasteiger partial charge in [-0.05, 0) is 38.3 Å². The third kappa shape index (κ3) is 4.40. The summed E-state index contributed by atoms with van der Waals surface area (Å²) in [6, 6.07) is 10.1. The van der Waals surface area contributed by atoms with Gasteiger partial charge >= 0.3 is 8.80 Å². The van der Waals surface area contributed by atoms with E-state index in [1.807, 2.05) is 30.3 Å². The van der Waals surface area contributed by atoms with Crippen LogP contribution in [0.4, 0.5) is 0 Å². The van der Waals surface area contributed by atoms with E-state index in [1.54, 1.807) is 14.2 Å². The van der Waals surface area contributed by atoms with E-state index in [2.05, 4.69) is 11.8 Å². The van der Waals surface area contributed by atoms with E-state index in [0.717, 1.165) is 11.7 Å². The molecular formula is C17H29NO3Si. The first kappa shape index (κ1) is 17.6. The second kappa shape index (κ2) is 8.79. The molecule has 124 valence electrons. The molecule has 1 heterocycles. The van der Waals surface area contributed by atoms with Crippen molar-refractivity contribution in [3.05, 3.63) is 30.3 Å². The van der Waals surface area contributed by atoms with Gasteiger partial charge in [-0.1, -0.05) is 37.3 Å². The Labute approximate surface area is 135 Å². The zero-order chi connectivity index (χ0) is 15.8. The maximum atomic E-state index is 6.25. The van der Waals surface area contributed by atoms with Crippen LogP contribution in [0.2, 0.25) is 0 Å². The van der Waals surface area contributed by atoms with Crippen molar-refractivity contribution in [3.63, 3.8) is 0 Å². The zero-order valence-corrected chi connectivity index (χ0v) is 15.1. The van der Waals surface area contributed by atoms with Gasteiger partial charge in [0.15, 0.2) is 0 Å². The summed E-state index contributed by atoms with van der Waals surface area (Å²) in [7, 11) is 0.612. The van der Waals surface area contributed by atoms with Gasteiger partial charge in [0.1, 0.15) is 0 Å². The smallest absolute Gasteiger partial charge is 0.373 e. The Hall–Kier alpha value is -0.723. The van der Waals surface area contributed by atoms with Crippen LogP contribution in [0.1, 0.15) is 26.2 Å². The molecule has 4 nitrogen and oxygen atoms in total. The van der Waals surface area contributed by atoms with E-state index < -0.39 is 8.80 Å². The molecule has 22 heavy (non-hydrogen) atoms. The third-order valence-corrected chi connectivity index (χ3v) is 6.98. The van der Waals surface area contributed by atoms with E-state index in [9.17, 15) is 0 Å². The highest BCUT2D eigenvalue weighted by Gasteiger charge is 2.42. The molecule has 0 spiro atoms. The van der Waals surface area contributed by atoms with Crippen LogP contribution in [0.5, 0.6) is 0 Å². The van der Waals surface area contributed by atoms with E-state index >= 15 is 0 Å². The minimum absolute atomic E-state index is 0.571. The van der Waals surface area contributed by atoms with Crippen LogP contribution in [-0.4, -0.2) is 54.2 Å². The monoisotopic (exact) mass is 323 g/mol. The van der Waals surface area contributed by atoms with Crippen LogP contribution >= 0.6 is 0 Å². The van der Waals surface area contributed by atoms with Crippen LogP contribution < -0.4 is 5.19 Å². The molecule has 1 aliphatic rings. The van der Waals surface area contributed by atoms with Crippen molar-refractivity contribution < 1.29 is 13.3 Å². The van der Waals surface area contributed by atoms with Gasteiger partial charge in [-0.2, -0.15) is 0 Å². The number of likely N-dealkylation sites (tertiary alicyclic amines) is 1. The number of piperidine rings is 1. The first-order chi connectivity index (χ1) is 10.7. The van der Waals surface area contributed by atoms with Crippen LogP contribution in [0.15, 0.2) is 30.3 Å².